The molecule has 0 fully saturated rings. The van der Waals surface area contributed by atoms with Crippen molar-refractivity contribution in [3.63, 3.8) is 0 Å². The van der Waals surface area contributed by atoms with Gasteiger partial charge in [-0.1, -0.05) is 45.9 Å². The first kappa shape index (κ1) is 30.0. The van der Waals surface area contributed by atoms with Gasteiger partial charge in [0.25, 0.3) is 5.91 Å². The third kappa shape index (κ3) is 6.36. The van der Waals surface area contributed by atoms with Gasteiger partial charge < -0.3 is 25.6 Å². The minimum absolute atomic E-state index is 0.0518. The number of ether oxygens (including phenoxy) is 2. The molecule has 4 rings (SSSR count). The summed E-state index contributed by atoms with van der Waals surface area (Å²) in [6.07, 6.45) is 1.73. The summed E-state index contributed by atoms with van der Waals surface area (Å²) in [5.74, 6) is 0.885. The lowest BCUT2D eigenvalue weighted by Gasteiger charge is -2.38. The molecule has 4 N–H and O–H groups in total. The van der Waals surface area contributed by atoms with Gasteiger partial charge in [0.2, 0.25) is 5.91 Å². The van der Waals surface area contributed by atoms with Crippen LogP contribution in [0, 0.1) is 0 Å². The van der Waals surface area contributed by atoms with E-state index < -0.39 is 17.2 Å². The Morgan fingerprint density at radius 3 is 2.54 bits per heavy atom. The molecule has 2 aromatic rings. The van der Waals surface area contributed by atoms with E-state index in [2.05, 4.69) is 10.3 Å². The number of amides is 2. The second-order valence-electron chi connectivity index (χ2n) is 9.90. The smallest absolute Gasteiger partial charge is 0.251 e. The van der Waals surface area contributed by atoms with E-state index in [0.717, 1.165) is 12.8 Å². The number of nitrogens with zero attached hydrogens (tertiary/aromatic N) is 2. The number of guanidine groups is 1. The summed E-state index contributed by atoms with van der Waals surface area (Å²) >= 11 is 0. The summed E-state index contributed by atoms with van der Waals surface area (Å²) in [6, 6.07) is 11.7. The molecule has 0 saturated heterocycles. The Balaban J connectivity index is 0.00000205. The van der Waals surface area contributed by atoms with Crippen molar-refractivity contribution in [2.45, 2.75) is 84.5 Å². The van der Waals surface area contributed by atoms with Gasteiger partial charge in [-0.15, -0.1) is 0 Å². The minimum atomic E-state index is -1.30. The maximum absolute atomic E-state index is 13.4. The van der Waals surface area contributed by atoms with Gasteiger partial charge >= 0.3 is 0 Å². The summed E-state index contributed by atoms with van der Waals surface area (Å²) in [5, 5.41) is 13.9. The van der Waals surface area contributed by atoms with Crippen molar-refractivity contribution in [2.75, 3.05) is 13.2 Å². The van der Waals surface area contributed by atoms with Crippen LogP contribution in [-0.2, 0) is 11.3 Å². The van der Waals surface area contributed by atoms with Crippen LogP contribution in [0.3, 0.4) is 0 Å². The molecule has 0 spiro atoms. The van der Waals surface area contributed by atoms with Crippen molar-refractivity contribution in [1.29, 1.82) is 0 Å². The van der Waals surface area contributed by atoms with Crippen LogP contribution in [0.2, 0.25) is 0 Å². The standard InChI is InChI=1S/C28H36N4O5.C2H6/c1-5-28(6-2)15-23(33)32(26(29)31-28)16-19-14-18(12-13-21(19)36-7-3)25(34)30-24-20-10-8-9-11-22(20)37-17-27(24,4)35;1-2/h8-14,24,35H,5-7,15-17H2,1-4H3,(H2,29,31)(H,30,34);1-2H3. The van der Waals surface area contributed by atoms with E-state index in [9.17, 15) is 14.7 Å². The Bertz CT molecular complexity index is 1210. The average Bonchev–Trinajstić information content (AvgIpc) is 2.94. The molecule has 2 atom stereocenters. The molecular weight excluding hydrogens is 496 g/mol. The van der Waals surface area contributed by atoms with Crippen molar-refractivity contribution in [3.05, 3.63) is 59.2 Å². The van der Waals surface area contributed by atoms with E-state index in [1.165, 1.54) is 4.90 Å². The summed E-state index contributed by atoms with van der Waals surface area (Å²) < 4.78 is 11.5. The highest BCUT2D eigenvalue weighted by atomic mass is 16.5. The van der Waals surface area contributed by atoms with E-state index in [-0.39, 0.29) is 37.3 Å². The van der Waals surface area contributed by atoms with Gasteiger partial charge in [-0.3, -0.25) is 14.5 Å². The van der Waals surface area contributed by atoms with Crippen molar-refractivity contribution in [3.8, 4) is 11.5 Å². The van der Waals surface area contributed by atoms with Gasteiger partial charge in [-0.2, -0.15) is 0 Å². The number of rotatable bonds is 8. The van der Waals surface area contributed by atoms with E-state index in [1.807, 2.05) is 58.9 Å². The fourth-order valence-electron chi connectivity index (χ4n) is 4.93. The lowest BCUT2D eigenvalue weighted by Crippen LogP contribution is -2.51. The molecule has 9 heteroatoms. The first-order chi connectivity index (χ1) is 18.6. The highest BCUT2D eigenvalue weighted by molar-refractivity contribution is 5.99. The first-order valence-corrected chi connectivity index (χ1v) is 13.8. The minimum Gasteiger partial charge on any atom is -0.494 e. The Labute approximate surface area is 231 Å². The number of aliphatic hydroxyl groups is 1. The molecule has 0 saturated carbocycles. The van der Waals surface area contributed by atoms with E-state index in [1.54, 1.807) is 25.1 Å². The van der Waals surface area contributed by atoms with Gasteiger partial charge in [0.1, 0.15) is 23.7 Å². The number of aliphatic imine (C=N–C) groups is 1. The van der Waals surface area contributed by atoms with Crippen LogP contribution in [0.15, 0.2) is 47.5 Å². The molecule has 0 radical (unpaired) electrons. The molecule has 0 aliphatic carbocycles. The molecular formula is C30H42N4O5. The van der Waals surface area contributed by atoms with Crippen LogP contribution in [0.1, 0.15) is 88.3 Å². The number of nitrogens with one attached hydrogen (secondary N) is 1. The molecule has 2 unspecified atom stereocenters. The van der Waals surface area contributed by atoms with Crippen molar-refractivity contribution in [2.24, 2.45) is 10.7 Å². The van der Waals surface area contributed by atoms with Crippen LogP contribution < -0.4 is 20.5 Å². The Morgan fingerprint density at radius 1 is 1.21 bits per heavy atom. The van der Waals surface area contributed by atoms with Gasteiger partial charge in [0.05, 0.1) is 31.2 Å². The van der Waals surface area contributed by atoms with Crippen LogP contribution in [0.4, 0.5) is 0 Å². The van der Waals surface area contributed by atoms with Crippen molar-refractivity contribution < 1.29 is 24.2 Å². The molecule has 2 heterocycles. The zero-order valence-electron chi connectivity index (χ0n) is 23.9. The lowest BCUT2D eigenvalue weighted by molar-refractivity contribution is -0.130. The Hall–Kier alpha value is -3.59. The molecule has 2 aliphatic heterocycles. The monoisotopic (exact) mass is 538 g/mol. The summed E-state index contributed by atoms with van der Waals surface area (Å²) in [7, 11) is 0. The number of hydrogen-bond donors (Lipinski definition) is 3. The molecule has 39 heavy (non-hydrogen) atoms. The first-order valence-electron chi connectivity index (χ1n) is 13.8. The number of carbonyl (C=O) groups excluding carboxylic acids is 2. The Morgan fingerprint density at radius 2 is 1.90 bits per heavy atom. The van der Waals surface area contributed by atoms with Crippen LogP contribution >= 0.6 is 0 Å². The highest BCUT2D eigenvalue weighted by Crippen LogP contribution is 2.38. The van der Waals surface area contributed by atoms with Gasteiger partial charge in [0.15, 0.2) is 5.96 Å². The van der Waals surface area contributed by atoms with E-state index in [0.29, 0.717) is 34.8 Å². The van der Waals surface area contributed by atoms with Crippen LogP contribution in [-0.4, -0.2) is 52.1 Å². The van der Waals surface area contributed by atoms with Gasteiger partial charge in [0, 0.05) is 16.7 Å². The van der Waals surface area contributed by atoms with Gasteiger partial charge in [-0.25, -0.2) is 4.99 Å². The molecule has 0 aromatic heterocycles. The summed E-state index contributed by atoms with van der Waals surface area (Å²) in [5.41, 5.74) is 6.20. The third-order valence-electron chi connectivity index (χ3n) is 7.32. The predicted octanol–water partition coefficient (Wildman–Crippen LogP) is 4.33. The summed E-state index contributed by atoms with van der Waals surface area (Å²) in [4.78, 5) is 32.6. The second kappa shape index (κ2) is 12.5. The van der Waals surface area contributed by atoms with Crippen molar-refractivity contribution >= 4 is 17.8 Å². The maximum Gasteiger partial charge on any atom is 0.251 e. The fraction of sp³-hybridized carbons (Fsp3) is 0.500. The predicted molar refractivity (Wildman–Crippen MR) is 152 cm³/mol. The fourth-order valence-corrected chi connectivity index (χ4v) is 4.93. The van der Waals surface area contributed by atoms with E-state index >= 15 is 0 Å². The molecule has 9 nitrogen and oxygen atoms in total. The quantitative estimate of drug-likeness (QED) is 0.459. The van der Waals surface area contributed by atoms with E-state index in [4.69, 9.17) is 15.2 Å². The molecule has 212 valence electrons. The average molecular weight is 539 g/mol. The zero-order chi connectivity index (χ0) is 28.8. The number of benzene rings is 2. The molecule has 2 aliphatic rings. The van der Waals surface area contributed by atoms with Crippen molar-refractivity contribution in [1.82, 2.24) is 10.2 Å². The van der Waals surface area contributed by atoms with Crippen LogP contribution in [0.25, 0.3) is 0 Å². The number of hydrogen-bond acceptors (Lipinski definition) is 7. The normalized spacial score (nSPS) is 21.5. The maximum atomic E-state index is 13.4. The molecule has 2 aromatic carbocycles. The third-order valence-corrected chi connectivity index (χ3v) is 7.32. The zero-order valence-corrected chi connectivity index (χ0v) is 23.9. The highest BCUT2D eigenvalue weighted by Gasteiger charge is 2.41. The lowest BCUT2D eigenvalue weighted by atomic mass is 9.87. The molecule has 0 bridgehead atoms. The summed E-state index contributed by atoms with van der Waals surface area (Å²) in [6.45, 7) is 12.1. The van der Waals surface area contributed by atoms with Gasteiger partial charge in [-0.05, 0) is 51.0 Å². The number of carbonyl (C=O) groups is 2. The number of para-hydroxylation sites is 1. The second-order valence-corrected chi connectivity index (χ2v) is 9.90. The number of nitrogens with two attached hydrogens (primary N) is 1. The Kier molecular flexibility index (Phi) is 9.61. The topological polar surface area (TPSA) is 126 Å². The van der Waals surface area contributed by atoms with Crippen LogP contribution in [0.5, 0.6) is 11.5 Å². The molecule has 2 amide bonds. The SMILES string of the molecule is CC.CCOc1ccc(C(=O)NC2c3ccccc3OCC2(C)O)cc1CN1C(=O)CC(CC)(CC)N=C1N. The number of fused-ring (bicyclic) bond motifs is 1. The largest absolute Gasteiger partial charge is 0.494 e.